The molecule has 0 aliphatic heterocycles. The van der Waals surface area contributed by atoms with Gasteiger partial charge in [0.25, 0.3) is 5.91 Å². The summed E-state index contributed by atoms with van der Waals surface area (Å²) in [5, 5.41) is 21.3. The van der Waals surface area contributed by atoms with Gasteiger partial charge in [-0.15, -0.1) is 0 Å². The average molecular weight is 269 g/mol. The van der Waals surface area contributed by atoms with Gasteiger partial charge in [-0.2, -0.15) is 0 Å². The number of carbonyl (C=O) groups excluding carboxylic acids is 1. The van der Waals surface area contributed by atoms with Crippen LogP contribution in [0.3, 0.4) is 0 Å². The zero-order valence-electron chi connectivity index (χ0n) is 10.9. The van der Waals surface area contributed by atoms with E-state index in [0.29, 0.717) is 32.8 Å². The number of benzene rings is 1. The lowest BCUT2D eigenvalue weighted by Gasteiger charge is -2.07. The second-order valence-electron chi connectivity index (χ2n) is 3.92. The first-order valence-corrected chi connectivity index (χ1v) is 6.02. The van der Waals surface area contributed by atoms with Crippen LogP contribution in [0.5, 0.6) is 11.5 Å². The topological polar surface area (TPSA) is 88.0 Å². The molecule has 19 heavy (non-hydrogen) atoms. The highest BCUT2D eigenvalue weighted by molar-refractivity contribution is 5.96. The van der Waals surface area contributed by atoms with E-state index < -0.39 is 0 Å². The molecule has 0 fully saturated rings. The summed E-state index contributed by atoms with van der Waals surface area (Å²) in [6.07, 6.45) is 0.675. The number of ether oxygens (including phenoxy) is 2. The van der Waals surface area contributed by atoms with E-state index in [4.69, 9.17) is 14.6 Å². The maximum Gasteiger partial charge on any atom is 0.255 e. The van der Waals surface area contributed by atoms with Gasteiger partial charge in [0.05, 0.1) is 18.8 Å². The molecule has 1 amide bonds. The molecular formula is C13H19NO5. The van der Waals surface area contributed by atoms with Gasteiger partial charge >= 0.3 is 0 Å². The standard InChI is InChI=1S/C13H19NO5/c1-18-7-8-19-6-2-5-14-13(17)11-4-3-10(15)9-12(11)16/h3-4,9,15-16H,2,5-8H2,1H3,(H,14,17). The first kappa shape index (κ1) is 15.3. The van der Waals surface area contributed by atoms with E-state index in [2.05, 4.69) is 5.32 Å². The third-order valence-electron chi connectivity index (χ3n) is 2.41. The first-order valence-electron chi connectivity index (χ1n) is 6.02. The Morgan fingerprint density at radius 1 is 1.26 bits per heavy atom. The fraction of sp³-hybridized carbons (Fsp3) is 0.462. The second-order valence-corrected chi connectivity index (χ2v) is 3.92. The van der Waals surface area contributed by atoms with Crippen LogP contribution in [0, 0.1) is 0 Å². The molecule has 1 aromatic rings. The predicted octanol–water partition coefficient (Wildman–Crippen LogP) is 0.881. The van der Waals surface area contributed by atoms with Crippen molar-refractivity contribution in [2.75, 3.05) is 33.5 Å². The van der Waals surface area contributed by atoms with E-state index in [1.165, 1.54) is 12.1 Å². The molecule has 0 spiro atoms. The largest absolute Gasteiger partial charge is 0.508 e. The van der Waals surface area contributed by atoms with E-state index >= 15 is 0 Å². The number of rotatable bonds is 8. The Labute approximate surface area is 112 Å². The summed E-state index contributed by atoms with van der Waals surface area (Å²) < 4.78 is 10.1. The van der Waals surface area contributed by atoms with Gasteiger partial charge in [-0.3, -0.25) is 4.79 Å². The van der Waals surface area contributed by atoms with Crippen LogP contribution in [0.1, 0.15) is 16.8 Å². The molecule has 0 aromatic heterocycles. The minimum Gasteiger partial charge on any atom is -0.508 e. The molecule has 0 unspecified atom stereocenters. The zero-order valence-corrected chi connectivity index (χ0v) is 10.9. The first-order chi connectivity index (χ1) is 9.15. The van der Waals surface area contributed by atoms with E-state index in [1.807, 2.05) is 0 Å². The van der Waals surface area contributed by atoms with Crippen LogP contribution in [0.2, 0.25) is 0 Å². The molecule has 1 aromatic carbocycles. The smallest absolute Gasteiger partial charge is 0.255 e. The zero-order chi connectivity index (χ0) is 14.1. The van der Waals surface area contributed by atoms with Crippen molar-refractivity contribution >= 4 is 5.91 Å². The number of phenolic OH excluding ortho intramolecular Hbond substituents is 2. The molecule has 0 aliphatic carbocycles. The van der Waals surface area contributed by atoms with Crippen LogP contribution in [-0.2, 0) is 9.47 Å². The quantitative estimate of drug-likeness (QED) is 0.610. The summed E-state index contributed by atoms with van der Waals surface area (Å²) in [5.41, 5.74) is 0.137. The van der Waals surface area contributed by atoms with Crippen LogP contribution in [0.25, 0.3) is 0 Å². The molecule has 106 valence electrons. The molecule has 0 heterocycles. The van der Waals surface area contributed by atoms with E-state index in [1.54, 1.807) is 7.11 Å². The van der Waals surface area contributed by atoms with Crippen molar-refractivity contribution in [2.45, 2.75) is 6.42 Å². The monoisotopic (exact) mass is 269 g/mol. The third kappa shape index (κ3) is 5.58. The van der Waals surface area contributed by atoms with Crippen LogP contribution < -0.4 is 5.32 Å². The van der Waals surface area contributed by atoms with Crippen molar-refractivity contribution < 1.29 is 24.5 Å². The number of methoxy groups -OCH3 is 1. The molecular weight excluding hydrogens is 250 g/mol. The Hall–Kier alpha value is -1.79. The second kappa shape index (κ2) is 8.34. The van der Waals surface area contributed by atoms with Crippen LogP contribution in [-0.4, -0.2) is 49.6 Å². The van der Waals surface area contributed by atoms with Crippen LogP contribution in [0.15, 0.2) is 18.2 Å². The molecule has 0 aliphatic rings. The van der Waals surface area contributed by atoms with Crippen LogP contribution >= 0.6 is 0 Å². The fourth-order valence-electron chi connectivity index (χ4n) is 1.43. The Kier molecular flexibility index (Phi) is 6.70. The van der Waals surface area contributed by atoms with Crippen molar-refractivity contribution in [3.05, 3.63) is 23.8 Å². The van der Waals surface area contributed by atoms with Gasteiger partial charge < -0.3 is 25.0 Å². The Morgan fingerprint density at radius 2 is 2.05 bits per heavy atom. The van der Waals surface area contributed by atoms with Crippen molar-refractivity contribution in [1.29, 1.82) is 0 Å². The summed E-state index contributed by atoms with van der Waals surface area (Å²) in [4.78, 5) is 11.7. The number of amides is 1. The van der Waals surface area contributed by atoms with Crippen molar-refractivity contribution in [3.63, 3.8) is 0 Å². The molecule has 1 rings (SSSR count). The lowest BCUT2D eigenvalue weighted by molar-refractivity contribution is 0.0688. The molecule has 0 atom stereocenters. The highest BCUT2D eigenvalue weighted by Gasteiger charge is 2.10. The van der Waals surface area contributed by atoms with Crippen molar-refractivity contribution in [1.82, 2.24) is 5.32 Å². The Morgan fingerprint density at radius 3 is 2.74 bits per heavy atom. The fourth-order valence-corrected chi connectivity index (χ4v) is 1.43. The van der Waals surface area contributed by atoms with Gasteiger partial charge in [-0.05, 0) is 18.6 Å². The van der Waals surface area contributed by atoms with E-state index in [0.717, 1.165) is 6.07 Å². The van der Waals surface area contributed by atoms with Gasteiger partial charge in [-0.1, -0.05) is 0 Å². The molecule has 6 heteroatoms. The summed E-state index contributed by atoms with van der Waals surface area (Å²) in [6, 6.07) is 3.85. The summed E-state index contributed by atoms with van der Waals surface area (Å²) in [7, 11) is 1.60. The minimum atomic E-state index is -0.380. The highest BCUT2D eigenvalue weighted by atomic mass is 16.5. The van der Waals surface area contributed by atoms with Gasteiger partial charge in [0, 0.05) is 26.3 Å². The lowest BCUT2D eigenvalue weighted by Crippen LogP contribution is -2.25. The third-order valence-corrected chi connectivity index (χ3v) is 2.41. The lowest BCUT2D eigenvalue weighted by atomic mass is 10.2. The van der Waals surface area contributed by atoms with Gasteiger partial charge in [-0.25, -0.2) is 0 Å². The maximum absolute atomic E-state index is 11.7. The number of nitrogens with one attached hydrogen (secondary N) is 1. The molecule has 0 saturated heterocycles. The SMILES string of the molecule is COCCOCCCNC(=O)c1ccc(O)cc1O. The number of carbonyl (C=O) groups is 1. The van der Waals surface area contributed by atoms with Crippen LogP contribution in [0.4, 0.5) is 0 Å². The molecule has 0 bridgehead atoms. The number of aromatic hydroxyl groups is 2. The van der Waals surface area contributed by atoms with E-state index in [9.17, 15) is 9.90 Å². The summed E-state index contributed by atoms with van der Waals surface area (Å²) in [6.45, 7) is 2.06. The predicted molar refractivity (Wildman–Crippen MR) is 69.4 cm³/mol. The Bertz CT molecular complexity index is 408. The number of phenols is 2. The summed E-state index contributed by atoms with van der Waals surface area (Å²) >= 11 is 0. The number of hydrogen-bond acceptors (Lipinski definition) is 5. The van der Waals surface area contributed by atoms with Gasteiger partial charge in [0.2, 0.25) is 0 Å². The average Bonchev–Trinajstić information content (AvgIpc) is 2.37. The van der Waals surface area contributed by atoms with E-state index in [-0.39, 0.29) is 23.0 Å². The van der Waals surface area contributed by atoms with Gasteiger partial charge in [0.15, 0.2) is 0 Å². The molecule has 0 radical (unpaired) electrons. The highest BCUT2D eigenvalue weighted by Crippen LogP contribution is 2.22. The van der Waals surface area contributed by atoms with Crippen molar-refractivity contribution in [3.8, 4) is 11.5 Å². The van der Waals surface area contributed by atoms with Crippen molar-refractivity contribution in [2.24, 2.45) is 0 Å². The minimum absolute atomic E-state index is 0.0828. The Balaban J connectivity index is 2.24. The molecule has 0 saturated carbocycles. The number of hydrogen-bond donors (Lipinski definition) is 3. The molecule has 6 nitrogen and oxygen atoms in total. The summed E-state index contributed by atoms with van der Waals surface area (Å²) in [5.74, 6) is -0.705. The normalized spacial score (nSPS) is 10.4. The van der Waals surface area contributed by atoms with Gasteiger partial charge in [0.1, 0.15) is 11.5 Å². The maximum atomic E-state index is 11.7. The molecule has 3 N–H and O–H groups in total.